The Morgan fingerprint density at radius 2 is 1.69 bits per heavy atom. The van der Waals surface area contributed by atoms with Gasteiger partial charge in [0.15, 0.2) is 0 Å². The third-order valence-corrected chi connectivity index (χ3v) is 5.68. The number of sulfonamides is 1. The molecule has 29 heavy (non-hydrogen) atoms. The van der Waals surface area contributed by atoms with Crippen LogP contribution in [0.2, 0.25) is 0 Å². The number of nitrogens with one attached hydrogen (secondary N) is 1. The van der Waals surface area contributed by atoms with E-state index >= 15 is 0 Å². The average molecular weight is 409 g/mol. The topological polar surface area (TPSA) is 85.1 Å². The van der Waals surface area contributed by atoms with Crippen molar-refractivity contribution in [1.29, 1.82) is 0 Å². The quantitative estimate of drug-likeness (QED) is 0.520. The van der Waals surface area contributed by atoms with E-state index in [1.807, 2.05) is 30.3 Å². The Hall–Kier alpha value is -3.36. The Labute approximate surface area is 167 Å². The number of hydrogen-bond donors (Lipinski definition) is 1. The molecule has 146 valence electrons. The summed E-state index contributed by atoms with van der Waals surface area (Å²) >= 11 is 0. The average Bonchev–Trinajstić information content (AvgIpc) is 3.23. The first kappa shape index (κ1) is 19.0. The molecule has 0 unspecified atom stereocenters. The van der Waals surface area contributed by atoms with E-state index in [1.54, 1.807) is 24.3 Å². The predicted molar refractivity (Wildman–Crippen MR) is 106 cm³/mol. The zero-order valence-corrected chi connectivity index (χ0v) is 15.9. The number of hydrogen-bond acceptors (Lipinski definition) is 5. The van der Waals surface area contributed by atoms with Crippen LogP contribution in [-0.2, 0) is 16.6 Å². The highest BCUT2D eigenvalue weighted by Crippen LogP contribution is 2.28. The van der Waals surface area contributed by atoms with Crippen LogP contribution in [0.3, 0.4) is 0 Å². The van der Waals surface area contributed by atoms with Crippen LogP contribution in [0.1, 0.15) is 5.56 Å². The Morgan fingerprint density at radius 3 is 2.48 bits per heavy atom. The highest BCUT2D eigenvalue weighted by Gasteiger charge is 2.22. The van der Waals surface area contributed by atoms with E-state index in [1.165, 1.54) is 24.3 Å². The lowest BCUT2D eigenvalue weighted by molar-refractivity contribution is 0.431. The minimum absolute atomic E-state index is 0.0189. The van der Waals surface area contributed by atoms with Gasteiger partial charge in [-0.2, -0.15) is 4.98 Å². The van der Waals surface area contributed by atoms with Crippen molar-refractivity contribution < 1.29 is 17.3 Å². The van der Waals surface area contributed by atoms with E-state index in [-0.39, 0.29) is 28.7 Å². The maximum atomic E-state index is 13.5. The van der Waals surface area contributed by atoms with Gasteiger partial charge < -0.3 is 4.52 Å². The van der Waals surface area contributed by atoms with Crippen LogP contribution in [0.5, 0.6) is 0 Å². The van der Waals surface area contributed by atoms with Gasteiger partial charge in [-0.3, -0.25) is 0 Å². The molecule has 0 fully saturated rings. The second-order valence-corrected chi connectivity index (χ2v) is 7.98. The number of halogens is 1. The van der Waals surface area contributed by atoms with Crippen LogP contribution in [0.4, 0.5) is 4.39 Å². The summed E-state index contributed by atoms with van der Waals surface area (Å²) < 4.78 is 47.0. The maximum Gasteiger partial charge on any atom is 0.259 e. The van der Waals surface area contributed by atoms with Gasteiger partial charge in [-0.25, -0.2) is 17.5 Å². The summed E-state index contributed by atoms with van der Waals surface area (Å²) in [5.41, 5.74) is 1.53. The van der Waals surface area contributed by atoms with E-state index in [2.05, 4.69) is 14.9 Å². The zero-order valence-electron chi connectivity index (χ0n) is 15.1. The lowest BCUT2D eigenvalue weighted by Gasteiger charge is -2.09. The molecular weight excluding hydrogens is 393 g/mol. The van der Waals surface area contributed by atoms with E-state index in [9.17, 15) is 12.8 Å². The molecule has 0 bridgehead atoms. The van der Waals surface area contributed by atoms with E-state index in [0.29, 0.717) is 5.56 Å². The zero-order chi connectivity index (χ0) is 20.3. The molecule has 0 spiro atoms. The van der Waals surface area contributed by atoms with Crippen LogP contribution in [0, 0.1) is 5.82 Å². The minimum atomic E-state index is -3.84. The molecule has 0 aliphatic carbocycles. The smallest absolute Gasteiger partial charge is 0.259 e. The summed E-state index contributed by atoms with van der Waals surface area (Å²) in [6.07, 6.45) is 0. The van der Waals surface area contributed by atoms with E-state index in [4.69, 9.17) is 4.52 Å². The van der Waals surface area contributed by atoms with Crippen molar-refractivity contribution in [2.75, 3.05) is 0 Å². The molecule has 0 radical (unpaired) electrons. The summed E-state index contributed by atoms with van der Waals surface area (Å²) in [6.45, 7) is 0.149. The SMILES string of the molecule is O=S(=O)(NCc1ccccc1)c1ccccc1-c1nc(-c2cccc(F)c2)no1. The van der Waals surface area contributed by atoms with Gasteiger partial charge in [0.25, 0.3) is 5.89 Å². The van der Waals surface area contributed by atoms with Crippen LogP contribution < -0.4 is 4.72 Å². The fourth-order valence-electron chi connectivity index (χ4n) is 2.81. The number of rotatable bonds is 6. The highest BCUT2D eigenvalue weighted by molar-refractivity contribution is 7.89. The molecule has 6 nitrogen and oxygen atoms in total. The Kier molecular flexibility index (Phi) is 5.20. The van der Waals surface area contributed by atoms with Gasteiger partial charge in [-0.1, -0.05) is 59.8 Å². The number of benzene rings is 3. The van der Waals surface area contributed by atoms with Crippen molar-refractivity contribution in [3.05, 3.63) is 90.2 Å². The standard InChI is InChI=1S/C21H16FN3O3S/c22-17-10-6-9-16(13-17)20-24-21(28-25-20)18-11-4-5-12-19(18)29(26,27)23-14-15-7-2-1-3-8-15/h1-13,23H,14H2. The lowest BCUT2D eigenvalue weighted by Crippen LogP contribution is -2.23. The summed E-state index contributed by atoms with van der Waals surface area (Å²) in [5, 5.41) is 3.85. The second-order valence-electron chi connectivity index (χ2n) is 6.24. The molecule has 4 rings (SSSR count). The van der Waals surface area contributed by atoms with Crippen molar-refractivity contribution >= 4 is 10.0 Å². The van der Waals surface area contributed by atoms with Crippen LogP contribution in [-0.4, -0.2) is 18.6 Å². The fraction of sp³-hybridized carbons (Fsp3) is 0.0476. The monoisotopic (exact) mass is 409 g/mol. The molecule has 0 aliphatic heterocycles. The molecule has 4 aromatic rings. The van der Waals surface area contributed by atoms with Gasteiger partial charge >= 0.3 is 0 Å². The molecule has 0 aliphatic rings. The molecule has 1 N–H and O–H groups in total. The highest BCUT2D eigenvalue weighted by atomic mass is 32.2. The molecule has 0 saturated carbocycles. The molecule has 3 aromatic carbocycles. The maximum absolute atomic E-state index is 13.5. The Balaban J connectivity index is 1.65. The fourth-order valence-corrected chi connectivity index (χ4v) is 4.02. The van der Waals surface area contributed by atoms with Crippen LogP contribution in [0.25, 0.3) is 22.8 Å². The summed E-state index contributed by atoms with van der Waals surface area (Å²) in [5.74, 6) is -0.226. The van der Waals surface area contributed by atoms with Gasteiger partial charge in [0.2, 0.25) is 15.8 Å². The molecule has 8 heteroatoms. The first-order valence-corrected chi connectivity index (χ1v) is 10.2. The van der Waals surface area contributed by atoms with Gasteiger partial charge in [0.1, 0.15) is 5.82 Å². The normalized spacial score (nSPS) is 11.5. The Morgan fingerprint density at radius 1 is 0.931 bits per heavy atom. The van der Waals surface area contributed by atoms with Gasteiger partial charge in [0, 0.05) is 12.1 Å². The largest absolute Gasteiger partial charge is 0.334 e. The lowest BCUT2D eigenvalue weighted by atomic mass is 10.2. The molecule has 1 aromatic heterocycles. The van der Waals surface area contributed by atoms with Crippen LogP contribution in [0.15, 0.2) is 88.3 Å². The van der Waals surface area contributed by atoms with E-state index < -0.39 is 15.8 Å². The second kappa shape index (κ2) is 7.94. The van der Waals surface area contributed by atoms with Gasteiger partial charge in [-0.15, -0.1) is 0 Å². The van der Waals surface area contributed by atoms with Gasteiger partial charge in [-0.05, 0) is 29.8 Å². The van der Waals surface area contributed by atoms with Crippen molar-refractivity contribution in [3.63, 3.8) is 0 Å². The van der Waals surface area contributed by atoms with Crippen LogP contribution >= 0.6 is 0 Å². The minimum Gasteiger partial charge on any atom is -0.334 e. The molecule has 0 atom stereocenters. The molecular formula is C21H16FN3O3S. The third-order valence-electron chi connectivity index (χ3n) is 4.22. The van der Waals surface area contributed by atoms with Crippen molar-refractivity contribution in [3.8, 4) is 22.8 Å². The summed E-state index contributed by atoms with van der Waals surface area (Å²) in [6, 6.07) is 21.3. The number of nitrogens with zero attached hydrogens (tertiary/aromatic N) is 2. The molecule has 0 amide bonds. The summed E-state index contributed by atoms with van der Waals surface area (Å²) in [4.78, 5) is 4.27. The first-order chi connectivity index (χ1) is 14.0. The molecule has 0 saturated heterocycles. The van der Waals surface area contributed by atoms with Crippen molar-refractivity contribution in [2.45, 2.75) is 11.4 Å². The van der Waals surface area contributed by atoms with Gasteiger partial charge in [0.05, 0.1) is 10.5 Å². The van der Waals surface area contributed by atoms with Crippen molar-refractivity contribution in [2.24, 2.45) is 0 Å². The molecule has 1 heterocycles. The number of aromatic nitrogens is 2. The predicted octanol–water partition coefficient (Wildman–Crippen LogP) is 4.02. The first-order valence-electron chi connectivity index (χ1n) is 8.75. The van der Waals surface area contributed by atoms with Crippen molar-refractivity contribution in [1.82, 2.24) is 14.9 Å². The summed E-state index contributed by atoms with van der Waals surface area (Å²) in [7, 11) is -3.84. The third kappa shape index (κ3) is 4.23. The Bertz CT molecular complexity index is 1240. The van der Waals surface area contributed by atoms with E-state index in [0.717, 1.165) is 5.56 Å².